The zero-order valence-corrected chi connectivity index (χ0v) is 19.6. The number of hydrogen-bond donors (Lipinski definition) is 1. The van der Waals surface area contributed by atoms with E-state index < -0.39 is 28.3 Å². The summed E-state index contributed by atoms with van der Waals surface area (Å²) in [5.74, 6) is -0.907. The summed E-state index contributed by atoms with van der Waals surface area (Å²) in [6.07, 6.45) is 5.31. The average molecular weight is 474 g/mol. The molecule has 4 rings (SSSR count). The van der Waals surface area contributed by atoms with Gasteiger partial charge in [-0.15, -0.1) is 0 Å². The van der Waals surface area contributed by atoms with Gasteiger partial charge in [0.25, 0.3) is 5.69 Å². The van der Waals surface area contributed by atoms with Crippen LogP contribution in [0.3, 0.4) is 0 Å². The van der Waals surface area contributed by atoms with Gasteiger partial charge in [0.05, 0.1) is 16.4 Å². The summed E-state index contributed by atoms with van der Waals surface area (Å²) >= 11 is 0. The maximum absolute atomic E-state index is 13.6. The van der Waals surface area contributed by atoms with Crippen LogP contribution in [0.5, 0.6) is 5.75 Å². The van der Waals surface area contributed by atoms with Gasteiger partial charge < -0.3 is 14.8 Å². The van der Waals surface area contributed by atoms with Gasteiger partial charge in [-0.2, -0.15) is 0 Å². The monoisotopic (exact) mass is 473 g/mol. The van der Waals surface area contributed by atoms with E-state index in [1.807, 2.05) is 62.4 Å². The fourth-order valence-electron chi connectivity index (χ4n) is 4.60. The van der Waals surface area contributed by atoms with Crippen molar-refractivity contribution < 1.29 is 19.2 Å². The molecule has 1 aliphatic rings. The smallest absolute Gasteiger partial charge is 0.312 e. The number of nitro groups is 1. The van der Waals surface area contributed by atoms with E-state index in [1.165, 1.54) is 12.1 Å². The number of rotatable bonds is 8. The molecule has 2 aromatic carbocycles. The second-order valence-corrected chi connectivity index (χ2v) is 8.60. The Morgan fingerprint density at radius 1 is 1.11 bits per heavy atom. The molecular formula is C27H27N3O5. The highest BCUT2D eigenvalue weighted by molar-refractivity contribution is 5.77. The van der Waals surface area contributed by atoms with Crippen molar-refractivity contribution in [1.82, 2.24) is 10.3 Å². The molecule has 3 atom stereocenters. The van der Waals surface area contributed by atoms with E-state index in [1.54, 1.807) is 24.5 Å². The molecule has 1 aromatic heterocycles. The Labute approximate surface area is 203 Å². The van der Waals surface area contributed by atoms with E-state index in [0.29, 0.717) is 11.3 Å². The number of hydrogen-bond acceptors (Lipinski definition) is 7. The van der Waals surface area contributed by atoms with Crippen molar-refractivity contribution in [3.05, 3.63) is 112 Å². The quantitative estimate of drug-likeness (QED) is 0.218. The number of para-hydroxylation sites is 1. The molecule has 0 amide bonds. The SMILES string of the molecule is CC1=CC(c2cccc([N+](=O)[O-])c2)C(C(=O)OCCOc2ccccc2)C(C)(c2cccnc2)N1. The molecule has 2 heterocycles. The minimum absolute atomic E-state index is 0.0291. The van der Waals surface area contributed by atoms with E-state index in [0.717, 1.165) is 11.3 Å². The van der Waals surface area contributed by atoms with Crippen LogP contribution in [0, 0.1) is 16.0 Å². The van der Waals surface area contributed by atoms with Gasteiger partial charge >= 0.3 is 5.97 Å². The molecule has 0 fully saturated rings. The van der Waals surface area contributed by atoms with Crippen LogP contribution in [-0.2, 0) is 15.1 Å². The molecule has 0 spiro atoms. The molecule has 0 saturated carbocycles. The number of nitro benzene ring substituents is 1. The molecule has 180 valence electrons. The van der Waals surface area contributed by atoms with E-state index in [4.69, 9.17) is 9.47 Å². The minimum atomic E-state index is -0.861. The predicted molar refractivity (Wildman–Crippen MR) is 131 cm³/mol. The Morgan fingerprint density at radius 3 is 2.63 bits per heavy atom. The van der Waals surface area contributed by atoms with E-state index >= 15 is 0 Å². The number of ether oxygens (including phenoxy) is 2. The van der Waals surface area contributed by atoms with Gasteiger partial charge in [-0.25, -0.2) is 0 Å². The van der Waals surface area contributed by atoms with Gasteiger partial charge in [-0.1, -0.05) is 42.5 Å². The molecule has 8 heteroatoms. The zero-order valence-electron chi connectivity index (χ0n) is 19.6. The molecule has 3 aromatic rings. The van der Waals surface area contributed by atoms with Crippen molar-refractivity contribution in [2.24, 2.45) is 5.92 Å². The summed E-state index contributed by atoms with van der Waals surface area (Å²) in [4.78, 5) is 28.8. The van der Waals surface area contributed by atoms with Crippen LogP contribution in [0.2, 0.25) is 0 Å². The molecule has 0 aliphatic carbocycles. The van der Waals surface area contributed by atoms with Crippen LogP contribution < -0.4 is 10.1 Å². The molecule has 1 aliphatic heterocycles. The second kappa shape index (κ2) is 10.4. The van der Waals surface area contributed by atoms with Gasteiger partial charge in [0.1, 0.15) is 19.0 Å². The van der Waals surface area contributed by atoms with Crippen LogP contribution in [0.4, 0.5) is 5.69 Å². The number of benzene rings is 2. The standard InChI is InChI=1S/C27H27N3O5/c1-19-16-24(20-8-6-10-22(17-20)30(32)33)25(27(2,29-19)21-9-7-13-28-18-21)26(31)35-15-14-34-23-11-4-3-5-12-23/h3-13,16-18,24-25,29H,14-15H2,1-2H3. The molecular weight excluding hydrogens is 446 g/mol. The third-order valence-corrected chi connectivity index (χ3v) is 6.19. The van der Waals surface area contributed by atoms with Crippen LogP contribution in [0.25, 0.3) is 0 Å². The van der Waals surface area contributed by atoms with Crippen molar-refractivity contribution >= 4 is 11.7 Å². The number of nitrogens with one attached hydrogen (secondary N) is 1. The summed E-state index contributed by atoms with van der Waals surface area (Å²) in [7, 11) is 0. The zero-order chi connectivity index (χ0) is 24.8. The Kier molecular flexibility index (Phi) is 7.10. The van der Waals surface area contributed by atoms with Crippen LogP contribution in [-0.4, -0.2) is 29.1 Å². The first-order valence-corrected chi connectivity index (χ1v) is 11.3. The molecule has 3 unspecified atom stereocenters. The lowest BCUT2D eigenvalue weighted by atomic mass is 9.68. The number of non-ortho nitro benzene ring substituents is 1. The third kappa shape index (κ3) is 5.32. The first-order valence-electron chi connectivity index (χ1n) is 11.3. The number of esters is 1. The van der Waals surface area contributed by atoms with Gasteiger partial charge in [0.2, 0.25) is 0 Å². The number of pyridine rings is 1. The fraction of sp³-hybridized carbons (Fsp3) is 0.259. The van der Waals surface area contributed by atoms with Crippen LogP contribution >= 0.6 is 0 Å². The minimum Gasteiger partial charge on any atom is -0.490 e. The van der Waals surface area contributed by atoms with Gasteiger partial charge in [0, 0.05) is 36.1 Å². The highest BCUT2D eigenvalue weighted by atomic mass is 16.6. The molecule has 1 N–H and O–H groups in total. The first-order chi connectivity index (χ1) is 16.9. The Morgan fingerprint density at radius 2 is 1.91 bits per heavy atom. The van der Waals surface area contributed by atoms with Crippen molar-refractivity contribution in [1.29, 1.82) is 0 Å². The summed E-state index contributed by atoms with van der Waals surface area (Å²) in [6, 6.07) is 19.4. The van der Waals surface area contributed by atoms with E-state index in [-0.39, 0.29) is 18.9 Å². The number of nitrogens with zero attached hydrogens (tertiary/aromatic N) is 2. The average Bonchev–Trinajstić information content (AvgIpc) is 2.87. The Hall–Kier alpha value is -4.20. The third-order valence-electron chi connectivity index (χ3n) is 6.19. The number of carbonyl (C=O) groups excluding carboxylic acids is 1. The lowest BCUT2D eigenvalue weighted by Gasteiger charge is -2.45. The predicted octanol–water partition coefficient (Wildman–Crippen LogP) is 4.73. The van der Waals surface area contributed by atoms with Gasteiger partial charge in [-0.3, -0.25) is 19.9 Å². The molecule has 0 saturated heterocycles. The summed E-state index contributed by atoms with van der Waals surface area (Å²) in [5, 5.41) is 14.9. The normalized spacial score (nSPS) is 21.4. The maximum Gasteiger partial charge on any atom is 0.312 e. The molecule has 0 bridgehead atoms. The van der Waals surface area contributed by atoms with Crippen molar-refractivity contribution in [3.63, 3.8) is 0 Å². The fourth-order valence-corrected chi connectivity index (χ4v) is 4.60. The van der Waals surface area contributed by atoms with Crippen molar-refractivity contribution in [2.75, 3.05) is 13.2 Å². The lowest BCUT2D eigenvalue weighted by Crippen LogP contribution is -2.53. The molecule has 8 nitrogen and oxygen atoms in total. The Bertz CT molecular complexity index is 1220. The van der Waals surface area contributed by atoms with Crippen LogP contribution in [0.1, 0.15) is 30.9 Å². The highest BCUT2D eigenvalue weighted by Crippen LogP contribution is 2.45. The van der Waals surface area contributed by atoms with E-state index in [9.17, 15) is 14.9 Å². The van der Waals surface area contributed by atoms with Crippen molar-refractivity contribution in [2.45, 2.75) is 25.3 Å². The number of allylic oxidation sites excluding steroid dienone is 2. The summed E-state index contributed by atoms with van der Waals surface area (Å²) in [6.45, 7) is 4.11. The summed E-state index contributed by atoms with van der Waals surface area (Å²) < 4.78 is 11.4. The number of aromatic nitrogens is 1. The van der Waals surface area contributed by atoms with Gasteiger partial charge in [0.15, 0.2) is 0 Å². The number of carbonyl (C=O) groups is 1. The molecule has 35 heavy (non-hydrogen) atoms. The largest absolute Gasteiger partial charge is 0.490 e. The second-order valence-electron chi connectivity index (χ2n) is 8.60. The van der Waals surface area contributed by atoms with E-state index in [2.05, 4.69) is 10.3 Å². The Balaban J connectivity index is 1.64. The topological polar surface area (TPSA) is 104 Å². The maximum atomic E-state index is 13.6. The molecule has 0 radical (unpaired) electrons. The van der Waals surface area contributed by atoms with Gasteiger partial charge in [-0.05, 0) is 43.2 Å². The highest BCUT2D eigenvalue weighted by Gasteiger charge is 2.49. The lowest BCUT2D eigenvalue weighted by molar-refractivity contribution is -0.384. The van der Waals surface area contributed by atoms with Crippen LogP contribution in [0.15, 0.2) is 90.9 Å². The first kappa shape index (κ1) is 23.9. The summed E-state index contributed by atoms with van der Waals surface area (Å²) in [5.41, 5.74) is 1.44. The van der Waals surface area contributed by atoms with Crippen molar-refractivity contribution in [3.8, 4) is 5.75 Å².